The van der Waals surface area contributed by atoms with Gasteiger partial charge in [0.05, 0.1) is 49.8 Å². The quantitative estimate of drug-likeness (QED) is 0.740. The number of cyclic esters (lactones) is 1. The molecule has 1 aromatic rings. The number of carbonyl (C=O) groups is 3. The molecule has 4 rings (SSSR count). The Morgan fingerprint density at radius 3 is 2.80 bits per heavy atom. The lowest BCUT2D eigenvalue weighted by molar-refractivity contribution is -0.119. The lowest BCUT2D eigenvalue weighted by atomic mass is 10.1. The summed E-state index contributed by atoms with van der Waals surface area (Å²) in [5.41, 5.74) is 0.696. The van der Waals surface area contributed by atoms with Gasteiger partial charge in [0.2, 0.25) is 5.91 Å². The minimum Gasteiger partial charge on any atom is -0.465 e. The minimum atomic E-state index is -1.02. The van der Waals surface area contributed by atoms with Crippen LogP contribution in [0.15, 0.2) is 18.2 Å². The van der Waals surface area contributed by atoms with Crippen molar-refractivity contribution >= 4 is 29.5 Å². The Kier molecular flexibility index (Phi) is 5.37. The van der Waals surface area contributed by atoms with Gasteiger partial charge >= 0.3 is 12.2 Å². The van der Waals surface area contributed by atoms with Gasteiger partial charge in [-0.1, -0.05) is 0 Å². The Labute approximate surface area is 172 Å². The maximum atomic E-state index is 15.0. The highest BCUT2D eigenvalue weighted by Crippen LogP contribution is 2.33. The molecule has 2 N–H and O–H groups in total. The number of hydrogen-bond donors (Lipinski definition) is 2. The first-order valence-corrected chi connectivity index (χ1v) is 9.71. The second-order valence-corrected chi connectivity index (χ2v) is 7.55. The number of nitrogens with zero attached hydrogens (tertiary/aromatic N) is 3. The van der Waals surface area contributed by atoms with Gasteiger partial charge in [0.25, 0.3) is 0 Å². The number of morpholine rings is 1. The van der Waals surface area contributed by atoms with E-state index in [1.807, 2.05) is 4.90 Å². The first-order valence-electron chi connectivity index (χ1n) is 9.71. The molecule has 0 aromatic heterocycles. The molecule has 3 aliphatic rings. The number of amides is 3. The van der Waals surface area contributed by atoms with Crippen molar-refractivity contribution in [2.24, 2.45) is 0 Å². The smallest absolute Gasteiger partial charge is 0.414 e. The number of likely N-dealkylation sites (tertiary alicyclic amines) is 1. The van der Waals surface area contributed by atoms with Gasteiger partial charge < -0.3 is 29.7 Å². The summed E-state index contributed by atoms with van der Waals surface area (Å²) in [4.78, 5) is 38.9. The van der Waals surface area contributed by atoms with Crippen LogP contribution in [0, 0.1) is 5.82 Å². The van der Waals surface area contributed by atoms with Gasteiger partial charge in [0, 0.05) is 20.0 Å². The Balaban J connectivity index is 1.49. The first-order chi connectivity index (χ1) is 14.3. The normalized spacial score (nSPS) is 25.9. The third-order valence-corrected chi connectivity index (χ3v) is 5.58. The number of benzene rings is 1. The fourth-order valence-corrected chi connectivity index (χ4v) is 4.14. The molecule has 3 fully saturated rings. The van der Waals surface area contributed by atoms with Gasteiger partial charge in [0.1, 0.15) is 11.9 Å². The third-order valence-electron chi connectivity index (χ3n) is 5.58. The molecule has 0 saturated carbocycles. The van der Waals surface area contributed by atoms with Crippen LogP contribution in [0.3, 0.4) is 0 Å². The van der Waals surface area contributed by atoms with E-state index in [9.17, 15) is 19.5 Å². The molecule has 162 valence electrons. The summed E-state index contributed by atoms with van der Waals surface area (Å²) in [5.74, 6) is -0.739. The number of carboxylic acid groups (broad SMARTS) is 1. The van der Waals surface area contributed by atoms with Crippen LogP contribution in [-0.4, -0.2) is 85.7 Å². The molecule has 3 atom stereocenters. The molecule has 0 radical (unpaired) electrons. The summed E-state index contributed by atoms with van der Waals surface area (Å²) < 4.78 is 25.9. The molecule has 30 heavy (non-hydrogen) atoms. The molecule has 3 heterocycles. The Morgan fingerprint density at radius 2 is 2.10 bits per heavy atom. The molecular formula is C19H23FN4O6. The van der Waals surface area contributed by atoms with Crippen LogP contribution in [0.25, 0.3) is 0 Å². The standard InChI is InChI=1S/C19H23FN4O6/c1-11(25)21-7-13-8-24(19(28)30-13)12-2-3-15(14(20)6-12)23-4-5-29-17-10-22(18(26)27)9-16(17)23/h2-3,6,13,16-17H,4-5,7-10H2,1H3,(H,21,25)(H,26,27). The number of anilines is 2. The summed E-state index contributed by atoms with van der Waals surface area (Å²) in [6.07, 6.45) is -2.44. The maximum absolute atomic E-state index is 15.0. The molecule has 3 unspecified atom stereocenters. The third kappa shape index (κ3) is 3.84. The summed E-state index contributed by atoms with van der Waals surface area (Å²) in [7, 11) is 0. The summed E-state index contributed by atoms with van der Waals surface area (Å²) in [6, 6.07) is 4.22. The number of carbonyl (C=O) groups excluding carboxylic acids is 2. The number of ether oxygens (including phenoxy) is 2. The molecule has 0 bridgehead atoms. The van der Waals surface area contributed by atoms with Gasteiger partial charge in [-0.05, 0) is 18.2 Å². The summed E-state index contributed by atoms with van der Waals surface area (Å²) >= 11 is 0. The van der Waals surface area contributed by atoms with Crippen LogP contribution in [0.1, 0.15) is 6.92 Å². The first kappa shape index (κ1) is 20.2. The lowest BCUT2D eigenvalue weighted by Crippen LogP contribution is -2.51. The van der Waals surface area contributed by atoms with Gasteiger partial charge in [-0.3, -0.25) is 9.69 Å². The zero-order chi connectivity index (χ0) is 21.4. The number of hydrogen-bond acceptors (Lipinski definition) is 6. The monoisotopic (exact) mass is 422 g/mol. The van der Waals surface area contributed by atoms with Crippen molar-refractivity contribution in [1.82, 2.24) is 10.2 Å². The lowest BCUT2D eigenvalue weighted by Gasteiger charge is -2.38. The van der Waals surface area contributed by atoms with Crippen LogP contribution < -0.4 is 15.1 Å². The van der Waals surface area contributed by atoms with E-state index < -0.39 is 24.1 Å². The van der Waals surface area contributed by atoms with Crippen LogP contribution in [0.4, 0.5) is 25.4 Å². The van der Waals surface area contributed by atoms with E-state index in [0.29, 0.717) is 24.5 Å². The predicted molar refractivity (Wildman–Crippen MR) is 103 cm³/mol. The van der Waals surface area contributed by atoms with Gasteiger partial charge in [-0.15, -0.1) is 0 Å². The van der Waals surface area contributed by atoms with Crippen molar-refractivity contribution in [3.05, 3.63) is 24.0 Å². The topological polar surface area (TPSA) is 112 Å². The highest BCUT2D eigenvalue weighted by molar-refractivity contribution is 5.90. The van der Waals surface area contributed by atoms with E-state index in [1.54, 1.807) is 12.1 Å². The molecule has 3 amide bonds. The van der Waals surface area contributed by atoms with E-state index >= 15 is 4.39 Å². The molecular weight excluding hydrogens is 399 g/mol. The van der Waals surface area contributed by atoms with Crippen molar-refractivity contribution in [3.8, 4) is 0 Å². The average molecular weight is 422 g/mol. The Bertz CT molecular complexity index is 867. The Hall–Kier alpha value is -3.08. The van der Waals surface area contributed by atoms with Gasteiger partial charge in [-0.25, -0.2) is 14.0 Å². The van der Waals surface area contributed by atoms with E-state index in [4.69, 9.17) is 9.47 Å². The number of fused-ring (bicyclic) bond motifs is 1. The number of rotatable bonds is 4. The fraction of sp³-hybridized carbons (Fsp3) is 0.526. The SMILES string of the molecule is CC(=O)NCC1CN(c2ccc(N3CCOC4CN(C(=O)O)CC43)c(F)c2)C(=O)O1. The van der Waals surface area contributed by atoms with Crippen LogP contribution in [-0.2, 0) is 14.3 Å². The van der Waals surface area contributed by atoms with E-state index in [1.165, 1.54) is 22.8 Å². The Morgan fingerprint density at radius 1 is 1.30 bits per heavy atom. The molecule has 1 aromatic carbocycles. The fourth-order valence-electron chi connectivity index (χ4n) is 4.14. The maximum Gasteiger partial charge on any atom is 0.414 e. The number of halogens is 1. The van der Waals surface area contributed by atoms with Gasteiger partial charge in [-0.2, -0.15) is 0 Å². The highest BCUT2D eigenvalue weighted by Gasteiger charge is 2.43. The molecule has 0 aliphatic carbocycles. The van der Waals surface area contributed by atoms with Crippen molar-refractivity contribution in [2.45, 2.75) is 25.2 Å². The highest BCUT2D eigenvalue weighted by atomic mass is 19.1. The second kappa shape index (κ2) is 7.98. The minimum absolute atomic E-state index is 0.190. The summed E-state index contributed by atoms with van der Waals surface area (Å²) in [6.45, 7) is 3.08. The van der Waals surface area contributed by atoms with Crippen LogP contribution in [0.2, 0.25) is 0 Å². The van der Waals surface area contributed by atoms with E-state index in [-0.39, 0.29) is 44.2 Å². The van der Waals surface area contributed by atoms with Crippen molar-refractivity contribution in [2.75, 3.05) is 49.1 Å². The number of nitrogens with one attached hydrogen (secondary N) is 1. The predicted octanol–water partition coefficient (Wildman–Crippen LogP) is 0.854. The molecule has 10 nitrogen and oxygen atoms in total. The molecule has 3 saturated heterocycles. The van der Waals surface area contributed by atoms with Crippen LogP contribution in [0.5, 0.6) is 0 Å². The molecule has 11 heteroatoms. The zero-order valence-electron chi connectivity index (χ0n) is 16.4. The summed E-state index contributed by atoms with van der Waals surface area (Å²) in [5, 5.41) is 11.8. The average Bonchev–Trinajstić information content (AvgIpc) is 3.30. The zero-order valence-corrected chi connectivity index (χ0v) is 16.4. The largest absolute Gasteiger partial charge is 0.465 e. The van der Waals surface area contributed by atoms with E-state index in [0.717, 1.165) is 0 Å². The van der Waals surface area contributed by atoms with Crippen molar-refractivity contribution < 1.29 is 33.4 Å². The van der Waals surface area contributed by atoms with Crippen molar-refractivity contribution in [1.29, 1.82) is 0 Å². The van der Waals surface area contributed by atoms with Crippen molar-refractivity contribution in [3.63, 3.8) is 0 Å². The molecule has 0 spiro atoms. The van der Waals surface area contributed by atoms with E-state index in [2.05, 4.69) is 5.32 Å². The van der Waals surface area contributed by atoms with Gasteiger partial charge in [0.15, 0.2) is 0 Å². The second-order valence-electron chi connectivity index (χ2n) is 7.55. The van der Waals surface area contributed by atoms with Crippen LogP contribution >= 0.6 is 0 Å². The molecule has 3 aliphatic heterocycles.